The Hall–Kier alpha value is -10.5. The number of rotatable bonds is 12. The predicted molar refractivity (Wildman–Crippen MR) is 414 cm³/mol. The zero-order chi connectivity index (χ0) is 78.7. The van der Waals surface area contributed by atoms with Gasteiger partial charge in [0, 0.05) is 185 Å². The van der Waals surface area contributed by atoms with Crippen molar-refractivity contribution in [3.8, 4) is 0 Å². The predicted octanol–water partition coefficient (Wildman–Crippen LogP) is 11.2. The SMILES string of the molecule is O=C(c1cc(C2CCCN2c2cc(F)cc(F)c2)c2oc(N3CCOCC3)cc(=O)c2c1)N1CCOCC1.O=C(c1cc([C@@H]2CCCN2c2cc(F)cc(F)c2)c2oc(N3CCOCC3)cc(=O)c2c1)N1CCOCC1.O=C(c1cc([C@H]2CCCN2c2cc(F)cc(F)c2)c2oc(N3CCOCC3)cc(=O)c2c1)N1CCOCC1. The molecule has 0 bridgehead atoms. The molecule has 9 aliphatic heterocycles. The number of morpholine rings is 6. The first kappa shape index (κ1) is 77.4. The molecular weight excluding hydrogens is 1490 g/mol. The number of hydrogen-bond donors (Lipinski definition) is 0. The normalized spacial score (nSPS) is 20.4. The molecular formula is C84H87F6N9O15. The molecule has 0 radical (unpaired) electrons. The molecule has 6 aromatic carbocycles. The van der Waals surface area contributed by atoms with Crippen molar-refractivity contribution in [2.75, 3.05) is 207 Å². The summed E-state index contributed by atoms with van der Waals surface area (Å²) in [7, 11) is 0. The highest BCUT2D eigenvalue weighted by Crippen LogP contribution is 2.45. The lowest BCUT2D eigenvalue weighted by atomic mass is 9.97. The van der Waals surface area contributed by atoms with Gasteiger partial charge < -0.3 is 85.8 Å². The van der Waals surface area contributed by atoms with Crippen LogP contribution in [0.4, 0.5) is 61.1 Å². The minimum atomic E-state index is -0.659. The van der Waals surface area contributed by atoms with Gasteiger partial charge in [-0.15, -0.1) is 0 Å². The summed E-state index contributed by atoms with van der Waals surface area (Å²) in [5, 5.41) is 0.940. The summed E-state index contributed by atoms with van der Waals surface area (Å²) in [5.74, 6) is -3.18. The molecule has 9 aromatic rings. The zero-order valence-corrected chi connectivity index (χ0v) is 62.9. The maximum atomic E-state index is 14.1. The Morgan fingerprint density at radius 1 is 0.281 bits per heavy atom. The second-order valence-electron chi connectivity index (χ2n) is 29.6. The highest BCUT2D eigenvalue weighted by atomic mass is 19.2. The van der Waals surface area contributed by atoms with Crippen LogP contribution in [0.25, 0.3) is 32.9 Å². The Balaban J connectivity index is 0.000000129. The topological polar surface area (TPSA) is 226 Å². The summed E-state index contributed by atoms with van der Waals surface area (Å²) in [6.07, 6.45) is 4.35. The van der Waals surface area contributed by atoms with Crippen molar-refractivity contribution < 1.29 is 82.4 Å². The molecule has 0 aliphatic carbocycles. The molecule has 0 N–H and O–H groups in total. The van der Waals surface area contributed by atoms with Crippen molar-refractivity contribution >= 4 is 85.3 Å². The van der Waals surface area contributed by atoms with Crippen LogP contribution in [0, 0.1) is 34.9 Å². The monoisotopic (exact) mass is 1580 g/mol. The van der Waals surface area contributed by atoms with E-state index in [0.29, 0.717) is 298 Å². The van der Waals surface area contributed by atoms with E-state index in [1.54, 1.807) is 51.1 Å². The Labute approximate surface area is 651 Å². The first-order chi connectivity index (χ1) is 55.4. The molecule has 18 rings (SSSR count). The fourth-order valence-electron chi connectivity index (χ4n) is 16.9. The van der Waals surface area contributed by atoms with Crippen molar-refractivity contribution in [1.29, 1.82) is 0 Å². The van der Waals surface area contributed by atoms with Gasteiger partial charge in [0.1, 0.15) is 51.7 Å². The standard InChI is InChI=1S/3C28H29F2N3O5/c3*29-19-14-20(30)16-21(15-19)33-3-1-2-24(33)22-12-18(28(35)32-6-10-37-11-7-32)13-23-25(34)17-26(38-27(22)23)31-4-8-36-9-5-31/h3*12-17,24H,1-11H2/t2*24-;/m10./s1. The third-order valence-electron chi connectivity index (χ3n) is 22.5. The lowest BCUT2D eigenvalue weighted by Crippen LogP contribution is -2.40. The summed E-state index contributed by atoms with van der Waals surface area (Å²) < 4.78 is 137. The molecule has 0 saturated carbocycles. The molecule has 0 spiro atoms. The van der Waals surface area contributed by atoms with Crippen molar-refractivity contribution in [3.05, 3.63) is 208 Å². The summed E-state index contributed by atoms with van der Waals surface area (Å²) >= 11 is 0. The van der Waals surface area contributed by atoms with Crippen LogP contribution in [0.3, 0.4) is 0 Å². The summed E-state index contributed by atoms with van der Waals surface area (Å²) in [5.41, 5.74) is 4.83. The van der Waals surface area contributed by atoms with Crippen molar-refractivity contribution in [3.63, 3.8) is 0 Å². The maximum absolute atomic E-state index is 14.1. The lowest BCUT2D eigenvalue weighted by Gasteiger charge is -2.30. The molecule has 3 atom stereocenters. The first-order valence-corrected chi connectivity index (χ1v) is 39.1. The number of hydrogen-bond acceptors (Lipinski definition) is 21. The second-order valence-corrected chi connectivity index (χ2v) is 29.6. The van der Waals surface area contributed by atoms with Crippen molar-refractivity contribution in [2.45, 2.75) is 56.7 Å². The Morgan fingerprint density at radius 2 is 0.509 bits per heavy atom. The van der Waals surface area contributed by atoms with E-state index in [1.165, 1.54) is 54.6 Å². The highest BCUT2D eigenvalue weighted by Gasteiger charge is 2.37. The molecule has 30 heteroatoms. The summed E-state index contributed by atoms with van der Waals surface area (Å²) in [6.45, 7) is 14.0. The van der Waals surface area contributed by atoms with Gasteiger partial charge in [-0.3, -0.25) is 28.8 Å². The molecule has 1 unspecified atom stereocenters. The number of nitrogens with zero attached hydrogens (tertiary/aromatic N) is 9. The number of ether oxygens (including phenoxy) is 6. The Bertz CT molecular complexity index is 4700. The first-order valence-electron chi connectivity index (χ1n) is 39.1. The van der Waals surface area contributed by atoms with E-state index in [9.17, 15) is 55.1 Å². The van der Waals surface area contributed by atoms with E-state index in [0.717, 1.165) is 37.5 Å². The Kier molecular flexibility index (Phi) is 23.3. The van der Waals surface area contributed by atoms with Gasteiger partial charge in [0.2, 0.25) is 0 Å². The number of amides is 3. The van der Waals surface area contributed by atoms with Crippen LogP contribution < -0.4 is 45.7 Å². The zero-order valence-electron chi connectivity index (χ0n) is 62.9. The van der Waals surface area contributed by atoms with E-state index < -0.39 is 34.9 Å². The largest absolute Gasteiger partial charge is 0.440 e. The Morgan fingerprint density at radius 3 is 0.746 bits per heavy atom. The van der Waals surface area contributed by atoms with Crippen molar-refractivity contribution in [2.24, 2.45) is 0 Å². The number of halogens is 6. The van der Waals surface area contributed by atoms with Gasteiger partial charge in [-0.1, -0.05) is 0 Å². The maximum Gasteiger partial charge on any atom is 0.254 e. The second kappa shape index (κ2) is 34.3. The van der Waals surface area contributed by atoms with E-state index in [-0.39, 0.29) is 52.1 Å². The van der Waals surface area contributed by atoms with Gasteiger partial charge in [-0.2, -0.15) is 0 Å². The van der Waals surface area contributed by atoms with Crippen LogP contribution >= 0.6 is 0 Å². The molecule has 9 fully saturated rings. The number of fused-ring (bicyclic) bond motifs is 3. The quantitative estimate of drug-likeness (QED) is 0.104. The molecule has 9 saturated heterocycles. The summed E-state index contributed by atoms with van der Waals surface area (Å²) in [6, 6.07) is 23.9. The molecule has 3 aromatic heterocycles. The van der Waals surface area contributed by atoms with Gasteiger partial charge in [0.05, 0.1) is 114 Å². The average Bonchev–Trinajstić information content (AvgIpc) is 1.20. The van der Waals surface area contributed by atoms with Gasteiger partial charge in [0.15, 0.2) is 33.9 Å². The third-order valence-corrected chi connectivity index (χ3v) is 22.5. The average molecular weight is 1580 g/mol. The number of carbonyl (C=O) groups is 3. The summed E-state index contributed by atoms with van der Waals surface area (Å²) in [4.78, 5) is 97.5. The van der Waals surface area contributed by atoms with Gasteiger partial charge in [0.25, 0.3) is 17.7 Å². The number of benzene rings is 6. The molecule has 600 valence electrons. The van der Waals surface area contributed by atoms with Crippen LogP contribution in [-0.2, 0) is 28.4 Å². The van der Waals surface area contributed by atoms with Crippen molar-refractivity contribution in [1.82, 2.24) is 14.7 Å². The molecule has 9 aliphatic rings. The van der Waals surface area contributed by atoms with Crippen LogP contribution in [0.1, 0.15) is 104 Å². The third kappa shape index (κ3) is 16.7. The highest BCUT2D eigenvalue weighted by molar-refractivity contribution is 6.01. The molecule has 12 heterocycles. The van der Waals surface area contributed by atoms with Crippen LogP contribution in [0.2, 0.25) is 0 Å². The van der Waals surface area contributed by atoms with Gasteiger partial charge >= 0.3 is 0 Å². The molecule has 3 amide bonds. The van der Waals surface area contributed by atoms with E-state index in [1.807, 2.05) is 29.4 Å². The fourth-order valence-corrected chi connectivity index (χ4v) is 16.9. The van der Waals surface area contributed by atoms with E-state index in [2.05, 4.69) is 0 Å². The van der Waals surface area contributed by atoms with E-state index >= 15 is 0 Å². The number of carbonyl (C=O) groups excluding carboxylic acids is 3. The van der Waals surface area contributed by atoms with Crippen LogP contribution in [0.15, 0.2) is 137 Å². The minimum Gasteiger partial charge on any atom is -0.440 e. The number of anilines is 6. The molecule has 24 nitrogen and oxygen atoms in total. The van der Waals surface area contributed by atoms with Gasteiger partial charge in [-0.05, 0) is 111 Å². The fraction of sp³-hybridized carbons (Fsp3) is 0.429. The molecule has 114 heavy (non-hydrogen) atoms. The van der Waals surface area contributed by atoms with Crippen LogP contribution in [-0.4, -0.2) is 210 Å². The van der Waals surface area contributed by atoms with E-state index in [4.69, 9.17) is 41.7 Å². The van der Waals surface area contributed by atoms with Crippen LogP contribution in [0.5, 0.6) is 0 Å². The lowest BCUT2D eigenvalue weighted by molar-refractivity contribution is 0.0301. The minimum absolute atomic E-state index is 0.186. The van der Waals surface area contributed by atoms with Gasteiger partial charge in [-0.25, -0.2) is 26.3 Å². The smallest absolute Gasteiger partial charge is 0.254 e.